The van der Waals surface area contributed by atoms with Gasteiger partial charge in [-0.25, -0.2) is 4.39 Å². The SMILES string of the molecule is O=C(NCCSCc1ccccc1F)c1ccnc2ccccc12. The van der Waals surface area contributed by atoms with Gasteiger partial charge < -0.3 is 5.32 Å². The zero-order valence-electron chi connectivity index (χ0n) is 13.0. The minimum atomic E-state index is -0.183. The van der Waals surface area contributed by atoms with E-state index in [2.05, 4.69) is 10.3 Å². The predicted octanol–water partition coefficient (Wildman–Crippen LogP) is 4.04. The van der Waals surface area contributed by atoms with Crippen LogP contribution in [0.1, 0.15) is 15.9 Å². The number of amides is 1. The molecule has 1 heterocycles. The van der Waals surface area contributed by atoms with Crippen molar-refractivity contribution >= 4 is 28.6 Å². The lowest BCUT2D eigenvalue weighted by molar-refractivity contribution is 0.0958. The van der Waals surface area contributed by atoms with Gasteiger partial charge in [0.2, 0.25) is 0 Å². The van der Waals surface area contributed by atoms with Crippen LogP contribution in [0.3, 0.4) is 0 Å². The number of fused-ring (bicyclic) bond motifs is 1. The fourth-order valence-electron chi connectivity index (χ4n) is 2.42. The molecule has 3 aromatic rings. The fraction of sp³-hybridized carbons (Fsp3) is 0.158. The fourth-order valence-corrected chi connectivity index (χ4v) is 3.27. The molecule has 122 valence electrons. The molecule has 0 radical (unpaired) electrons. The molecule has 0 aliphatic rings. The highest BCUT2D eigenvalue weighted by atomic mass is 32.2. The van der Waals surface area contributed by atoms with Crippen molar-refractivity contribution in [1.29, 1.82) is 0 Å². The van der Waals surface area contributed by atoms with Crippen molar-refractivity contribution in [2.45, 2.75) is 5.75 Å². The second-order valence-electron chi connectivity index (χ2n) is 5.28. The number of aromatic nitrogens is 1. The molecule has 0 saturated carbocycles. The van der Waals surface area contributed by atoms with Crippen LogP contribution in [0.4, 0.5) is 4.39 Å². The molecule has 3 nitrogen and oxygen atoms in total. The third-order valence-electron chi connectivity index (χ3n) is 3.64. The Morgan fingerprint density at radius 1 is 1.08 bits per heavy atom. The van der Waals surface area contributed by atoms with Gasteiger partial charge in [-0.2, -0.15) is 11.8 Å². The highest BCUT2D eigenvalue weighted by molar-refractivity contribution is 7.98. The lowest BCUT2D eigenvalue weighted by atomic mass is 10.1. The van der Waals surface area contributed by atoms with Gasteiger partial charge in [0.25, 0.3) is 5.91 Å². The van der Waals surface area contributed by atoms with E-state index in [1.807, 2.05) is 30.3 Å². The van der Waals surface area contributed by atoms with Crippen LogP contribution in [-0.2, 0) is 5.75 Å². The van der Waals surface area contributed by atoms with Gasteiger partial charge in [0.1, 0.15) is 5.82 Å². The van der Waals surface area contributed by atoms with Crippen LogP contribution >= 0.6 is 11.8 Å². The Balaban J connectivity index is 1.51. The van der Waals surface area contributed by atoms with E-state index in [0.717, 1.165) is 16.7 Å². The van der Waals surface area contributed by atoms with Crippen LogP contribution in [-0.4, -0.2) is 23.2 Å². The van der Waals surface area contributed by atoms with Crippen molar-refractivity contribution in [3.8, 4) is 0 Å². The largest absolute Gasteiger partial charge is 0.351 e. The number of rotatable bonds is 6. The Labute approximate surface area is 144 Å². The van der Waals surface area contributed by atoms with E-state index >= 15 is 0 Å². The number of nitrogens with zero attached hydrogens (tertiary/aromatic N) is 1. The first-order valence-electron chi connectivity index (χ1n) is 7.69. The van der Waals surface area contributed by atoms with E-state index in [4.69, 9.17) is 0 Å². The van der Waals surface area contributed by atoms with E-state index in [9.17, 15) is 9.18 Å². The van der Waals surface area contributed by atoms with Crippen molar-refractivity contribution in [1.82, 2.24) is 10.3 Å². The standard InChI is InChI=1S/C19H17FN2OS/c20-17-7-3-1-5-14(17)13-24-12-11-22-19(23)16-9-10-21-18-8-4-2-6-15(16)18/h1-10H,11-13H2,(H,22,23). The quantitative estimate of drug-likeness (QED) is 0.689. The van der Waals surface area contributed by atoms with Crippen LogP contribution in [0, 0.1) is 5.82 Å². The molecule has 0 fully saturated rings. The Bertz CT molecular complexity index is 848. The molecular formula is C19H17FN2OS. The van der Waals surface area contributed by atoms with E-state index in [1.54, 1.807) is 36.2 Å². The molecular weight excluding hydrogens is 323 g/mol. The molecule has 2 aromatic carbocycles. The third-order valence-corrected chi connectivity index (χ3v) is 4.65. The van der Waals surface area contributed by atoms with Crippen molar-refractivity contribution < 1.29 is 9.18 Å². The summed E-state index contributed by atoms with van der Waals surface area (Å²) in [5, 5.41) is 3.75. The summed E-state index contributed by atoms with van der Waals surface area (Å²) in [7, 11) is 0. The maximum absolute atomic E-state index is 13.5. The van der Waals surface area contributed by atoms with Gasteiger partial charge in [-0.1, -0.05) is 36.4 Å². The monoisotopic (exact) mass is 340 g/mol. The molecule has 0 bridgehead atoms. The normalized spacial score (nSPS) is 10.7. The second-order valence-corrected chi connectivity index (χ2v) is 6.38. The number of thioether (sulfide) groups is 1. The van der Waals surface area contributed by atoms with Gasteiger partial charge in [-0.15, -0.1) is 0 Å². The van der Waals surface area contributed by atoms with Crippen LogP contribution < -0.4 is 5.32 Å². The second kappa shape index (κ2) is 7.93. The molecule has 0 spiro atoms. The molecule has 1 aromatic heterocycles. The van der Waals surface area contributed by atoms with Crippen LogP contribution in [0.25, 0.3) is 10.9 Å². The van der Waals surface area contributed by atoms with Crippen molar-refractivity contribution in [2.75, 3.05) is 12.3 Å². The summed E-state index contributed by atoms with van der Waals surface area (Å²) in [6.07, 6.45) is 1.64. The third kappa shape index (κ3) is 3.92. The number of hydrogen-bond donors (Lipinski definition) is 1. The van der Waals surface area contributed by atoms with Crippen LogP contribution in [0.2, 0.25) is 0 Å². The Hall–Kier alpha value is -2.40. The minimum Gasteiger partial charge on any atom is -0.351 e. The summed E-state index contributed by atoms with van der Waals surface area (Å²) in [6.45, 7) is 0.536. The van der Waals surface area contributed by atoms with Gasteiger partial charge in [0, 0.05) is 29.6 Å². The summed E-state index contributed by atoms with van der Waals surface area (Å²) in [5.74, 6) is 1.03. The van der Waals surface area contributed by atoms with Gasteiger partial charge in [-0.3, -0.25) is 9.78 Å². The number of hydrogen-bond acceptors (Lipinski definition) is 3. The molecule has 24 heavy (non-hydrogen) atoms. The number of carbonyl (C=O) groups is 1. The Kier molecular flexibility index (Phi) is 5.43. The summed E-state index contributed by atoms with van der Waals surface area (Å²) < 4.78 is 13.5. The summed E-state index contributed by atoms with van der Waals surface area (Å²) >= 11 is 1.59. The van der Waals surface area contributed by atoms with E-state index in [0.29, 0.717) is 23.4 Å². The maximum atomic E-state index is 13.5. The number of nitrogens with one attached hydrogen (secondary N) is 1. The maximum Gasteiger partial charge on any atom is 0.252 e. The van der Waals surface area contributed by atoms with Gasteiger partial charge >= 0.3 is 0 Å². The lowest BCUT2D eigenvalue weighted by Gasteiger charge is -2.08. The zero-order chi connectivity index (χ0) is 16.8. The molecule has 0 saturated heterocycles. The van der Waals surface area contributed by atoms with Gasteiger partial charge in [0.05, 0.1) is 11.1 Å². The van der Waals surface area contributed by atoms with Crippen LogP contribution in [0.15, 0.2) is 60.8 Å². The van der Waals surface area contributed by atoms with Gasteiger partial charge in [0.15, 0.2) is 0 Å². The Morgan fingerprint density at radius 3 is 2.75 bits per heavy atom. The molecule has 5 heteroatoms. The molecule has 1 amide bonds. The highest BCUT2D eigenvalue weighted by Crippen LogP contribution is 2.17. The number of halogens is 1. The first kappa shape index (κ1) is 16.5. The van der Waals surface area contributed by atoms with Crippen molar-refractivity contribution in [2.24, 2.45) is 0 Å². The molecule has 3 rings (SSSR count). The average Bonchev–Trinajstić information content (AvgIpc) is 2.62. The van der Waals surface area contributed by atoms with E-state index in [1.165, 1.54) is 6.07 Å². The summed E-state index contributed by atoms with van der Waals surface area (Å²) in [4.78, 5) is 16.6. The highest BCUT2D eigenvalue weighted by Gasteiger charge is 2.09. The minimum absolute atomic E-state index is 0.111. The summed E-state index contributed by atoms with van der Waals surface area (Å²) in [6, 6.07) is 16.1. The van der Waals surface area contributed by atoms with Crippen molar-refractivity contribution in [3.63, 3.8) is 0 Å². The van der Waals surface area contributed by atoms with Crippen LogP contribution in [0.5, 0.6) is 0 Å². The van der Waals surface area contributed by atoms with Crippen molar-refractivity contribution in [3.05, 3.63) is 77.7 Å². The first-order chi connectivity index (χ1) is 11.8. The molecule has 0 unspecified atom stereocenters. The number of carbonyl (C=O) groups excluding carboxylic acids is 1. The molecule has 1 N–H and O–H groups in total. The predicted molar refractivity (Wildman–Crippen MR) is 96.6 cm³/mol. The lowest BCUT2D eigenvalue weighted by Crippen LogP contribution is -2.26. The number of para-hydroxylation sites is 1. The van der Waals surface area contributed by atoms with E-state index < -0.39 is 0 Å². The molecule has 0 aliphatic carbocycles. The topological polar surface area (TPSA) is 42.0 Å². The Morgan fingerprint density at radius 2 is 1.88 bits per heavy atom. The number of benzene rings is 2. The summed E-state index contributed by atoms with van der Waals surface area (Å²) in [5.41, 5.74) is 2.12. The number of pyridine rings is 1. The van der Waals surface area contributed by atoms with E-state index in [-0.39, 0.29) is 11.7 Å². The van der Waals surface area contributed by atoms with Gasteiger partial charge in [-0.05, 0) is 23.8 Å². The average molecular weight is 340 g/mol. The first-order valence-corrected chi connectivity index (χ1v) is 8.84. The molecule has 0 aliphatic heterocycles. The zero-order valence-corrected chi connectivity index (χ0v) is 13.9. The molecule has 0 atom stereocenters. The smallest absolute Gasteiger partial charge is 0.252 e.